The highest BCUT2D eigenvalue weighted by molar-refractivity contribution is 7.90. The number of nitrogens with one attached hydrogen (secondary N) is 2. The van der Waals surface area contributed by atoms with Gasteiger partial charge >= 0.3 is 0 Å². The van der Waals surface area contributed by atoms with Crippen molar-refractivity contribution in [2.75, 3.05) is 31.3 Å². The van der Waals surface area contributed by atoms with Crippen LogP contribution in [-0.2, 0) is 14.8 Å². The standard InChI is InChI=1S/C11H17N3O4S/c1-13-19(16,17)8-11(15)14-9-2-4-10(5-3-9)18-7-6-12/h2-5,13H,6-8,12H2,1H3,(H,14,15). The lowest BCUT2D eigenvalue weighted by Gasteiger charge is -2.07. The number of anilines is 1. The summed E-state index contributed by atoms with van der Waals surface area (Å²) in [5, 5.41) is 2.48. The van der Waals surface area contributed by atoms with Crippen LogP contribution in [-0.4, -0.2) is 40.3 Å². The summed E-state index contributed by atoms with van der Waals surface area (Å²) in [5.41, 5.74) is 5.80. The van der Waals surface area contributed by atoms with Crippen molar-refractivity contribution in [3.05, 3.63) is 24.3 Å². The van der Waals surface area contributed by atoms with E-state index in [0.29, 0.717) is 24.6 Å². The summed E-state index contributed by atoms with van der Waals surface area (Å²) in [6.07, 6.45) is 0. The zero-order valence-corrected chi connectivity index (χ0v) is 11.4. The predicted molar refractivity (Wildman–Crippen MR) is 72.5 cm³/mol. The highest BCUT2D eigenvalue weighted by Crippen LogP contribution is 2.15. The number of hydrogen-bond donors (Lipinski definition) is 3. The summed E-state index contributed by atoms with van der Waals surface area (Å²) < 4.78 is 29.7. The number of carbonyl (C=O) groups excluding carboxylic acids is 1. The van der Waals surface area contributed by atoms with Crippen molar-refractivity contribution in [3.63, 3.8) is 0 Å². The van der Waals surface area contributed by atoms with Gasteiger partial charge in [0.2, 0.25) is 15.9 Å². The summed E-state index contributed by atoms with van der Waals surface area (Å²) in [6, 6.07) is 6.57. The maximum atomic E-state index is 11.5. The molecule has 0 aliphatic rings. The van der Waals surface area contributed by atoms with Gasteiger partial charge in [-0.2, -0.15) is 0 Å². The molecular formula is C11H17N3O4S. The van der Waals surface area contributed by atoms with Crippen molar-refractivity contribution in [3.8, 4) is 5.75 Å². The number of nitrogens with two attached hydrogens (primary N) is 1. The van der Waals surface area contributed by atoms with Gasteiger partial charge in [0.05, 0.1) is 0 Å². The normalized spacial score (nSPS) is 11.1. The Balaban J connectivity index is 2.56. The van der Waals surface area contributed by atoms with Crippen LogP contribution >= 0.6 is 0 Å². The number of rotatable bonds is 7. The van der Waals surface area contributed by atoms with E-state index < -0.39 is 21.7 Å². The van der Waals surface area contributed by atoms with Crippen molar-refractivity contribution in [1.29, 1.82) is 0 Å². The minimum atomic E-state index is -3.56. The van der Waals surface area contributed by atoms with Gasteiger partial charge in [0.15, 0.2) is 0 Å². The summed E-state index contributed by atoms with van der Waals surface area (Å²) in [5.74, 6) is -0.592. The highest BCUT2D eigenvalue weighted by atomic mass is 32.2. The van der Waals surface area contributed by atoms with Crippen molar-refractivity contribution >= 4 is 21.6 Å². The molecule has 0 aliphatic heterocycles. The quantitative estimate of drug-likeness (QED) is 0.627. The summed E-state index contributed by atoms with van der Waals surface area (Å²) in [6.45, 7) is 0.826. The zero-order chi connectivity index (χ0) is 14.3. The van der Waals surface area contributed by atoms with Gasteiger partial charge in [-0.05, 0) is 31.3 Å². The first-order valence-corrected chi connectivity index (χ1v) is 7.26. The monoisotopic (exact) mass is 287 g/mol. The van der Waals surface area contributed by atoms with Crippen LogP contribution in [0.2, 0.25) is 0 Å². The highest BCUT2D eigenvalue weighted by Gasteiger charge is 2.14. The van der Waals surface area contributed by atoms with Crippen molar-refractivity contribution in [2.24, 2.45) is 5.73 Å². The van der Waals surface area contributed by atoms with Gasteiger partial charge < -0.3 is 15.8 Å². The Kier molecular flexibility index (Phi) is 5.74. The molecule has 0 unspecified atom stereocenters. The Bertz CT molecular complexity index is 513. The molecule has 1 amide bonds. The molecule has 0 saturated heterocycles. The van der Waals surface area contributed by atoms with Crippen LogP contribution in [0.15, 0.2) is 24.3 Å². The average Bonchev–Trinajstić information content (AvgIpc) is 2.37. The van der Waals surface area contributed by atoms with Crippen LogP contribution in [0, 0.1) is 0 Å². The minimum Gasteiger partial charge on any atom is -0.492 e. The van der Waals surface area contributed by atoms with Gasteiger partial charge in [-0.25, -0.2) is 13.1 Å². The Morgan fingerprint density at radius 1 is 1.32 bits per heavy atom. The molecule has 0 heterocycles. The van der Waals surface area contributed by atoms with Crippen molar-refractivity contribution in [2.45, 2.75) is 0 Å². The lowest BCUT2D eigenvalue weighted by molar-refractivity contribution is -0.113. The van der Waals surface area contributed by atoms with E-state index in [4.69, 9.17) is 10.5 Å². The topological polar surface area (TPSA) is 111 Å². The molecule has 106 valence electrons. The van der Waals surface area contributed by atoms with E-state index in [1.807, 2.05) is 0 Å². The first kappa shape index (κ1) is 15.4. The molecule has 1 aromatic carbocycles. The second kappa shape index (κ2) is 7.07. The van der Waals surface area contributed by atoms with E-state index >= 15 is 0 Å². The van der Waals surface area contributed by atoms with E-state index in [1.54, 1.807) is 24.3 Å². The molecule has 0 aromatic heterocycles. The van der Waals surface area contributed by atoms with Gasteiger partial charge in [0.1, 0.15) is 18.1 Å². The van der Waals surface area contributed by atoms with Gasteiger partial charge in [0.25, 0.3) is 0 Å². The molecule has 0 bridgehead atoms. The molecule has 0 fully saturated rings. The molecule has 4 N–H and O–H groups in total. The first-order valence-electron chi connectivity index (χ1n) is 5.61. The SMILES string of the molecule is CNS(=O)(=O)CC(=O)Nc1ccc(OCCN)cc1. The number of benzene rings is 1. The molecular weight excluding hydrogens is 270 g/mol. The van der Waals surface area contributed by atoms with Crippen LogP contribution in [0.1, 0.15) is 0 Å². The lowest BCUT2D eigenvalue weighted by Crippen LogP contribution is -2.30. The smallest absolute Gasteiger partial charge is 0.240 e. The maximum absolute atomic E-state index is 11.5. The maximum Gasteiger partial charge on any atom is 0.240 e. The van der Waals surface area contributed by atoms with Crippen LogP contribution < -0.4 is 20.5 Å². The molecule has 0 spiro atoms. The fourth-order valence-corrected chi connectivity index (χ4v) is 1.81. The second-order valence-electron chi connectivity index (χ2n) is 3.67. The second-order valence-corrected chi connectivity index (χ2v) is 5.60. The van der Waals surface area contributed by atoms with E-state index in [2.05, 4.69) is 10.0 Å². The average molecular weight is 287 g/mol. The number of amides is 1. The largest absolute Gasteiger partial charge is 0.492 e. The summed E-state index contributed by atoms with van der Waals surface area (Å²) in [7, 11) is -2.30. The molecule has 8 heteroatoms. The van der Waals surface area contributed by atoms with E-state index in [0.717, 1.165) is 0 Å². The lowest BCUT2D eigenvalue weighted by atomic mass is 10.3. The molecule has 0 radical (unpaired) electrons. The summed E-state index contributed by atoms with van der Waals surface area (Å²) in [4.78, 5) is 11.5. The minimum absolute atomic E-state index is 0.409. The number of ether oxygens (including phenoxy) is 1. The molecule has 0 aliphatic carbocycles. The Hall–Kier alpha value is -1.64. The molecule has 1 aromatic rings. The van der Waals surface area contributed by atoms with Crippen molar-refractivity contribution < 1.29 is 17.9 Å². The fraction of sp³-hybridized carbons (Fsp3) is 0.364. The molecule has 19 heavy (non-hydrogen) atoms. The van der Waals surface area contributed by atoms with Crippen LogP contribution in [0.3, 0.4) is 0 Å². The third kappa shape index (κ3) is 5.69. The number of hydrogen-bond acceptors (Lipinski definition) is 5. The first-order chi connectivity index (χ1) is 8.96. The van der Waals surface area contributed by atoms with E-state index in [9.17, 15) is 13.2 Å². The third-order valence-electron chi connectivity index (χ3n) is 2.16. The summed E-state index contributed by atoms with van der Waals surface area (Å²) >= 11 is 0. The zero-order valence-electron chi connectivity index (χ0n) is 10.5. The van der Waals surface area contributed by atoms with Crippen LogP contribution in [0.4, 0.5) is 5.69 Å². The molecule has 0 saturated carbocycles. The molecule has 0 atom stereocenters. The van der Waals surface area contributed by atoms with Crippen LogP contribution in [0.5, 0.6) is 5.75 Å². The van der Waals surface area contributed by atoms with E-state index in [1.165, 1.54) is 7.05 Å². The Morgan fingerprint density at radius 2 is 1.95 bits per heavy atom. The van der Waals surface area contributed by atoms with E-state index in [-0.39, 0.29) is 0 Å². The molecule has 7 nitrogen and oxygen atoms in total. The van der Waals surface area contributed by atoms with Gasteiger partial charge in [-0.3, -0.25) is 4.79 Å². The van der Waals surface area contributed by atoms with Gasteiger partial charge in [-0.1, -0.05) is 0 Å². The Morgan fingerprint density at radius 3 is 2.47 bits per heavy atom. The molecule has 1 rings (SSSR count). The third-order valence-corrected chi connectivity index (χ3v) is 3.42. The number of sulfonamides is 1. The predicted octanol–water partition coefficient (Wildman–Crippen LogP) is -0.488. The van der Waals surface area contributed by atoms with Gasteiger partial charge in [-0.15, -0.1) is 0 Å². The number of carbonyl (C=O) groups is 1. The Labute approximate surface area is 112 Å². The van der Waals surface area contributed by atoms with Crippen molar-refractivity contribution in [1.82, 2.24) is 4.72 Å². The fourth-order valence-electron chi connectivity index (χ4n) is 1.25. The van der Waals surface area contributed by atoms with Gasteiger partial charge in [0, 0.05) is 12.2 Å². The van der Waals surface area contributed by atoms with Crippen LogP contribution in [0.25, 0.3) is 0 Å².